The summed E-state index contributed by atoms with van der Waals surface area (Å²) in [4.78, 5) is 0. The first-order valence-corrected chi connectivity index (χ1v) is 7.51. The number of benzene rings is 2. The maximum atomic E-state index is 5.23. The van der Waals surface area contributed by atoms with Crippen molar-refractivity contribution < 1.29 is 4.74 Å². The Hall–Kier alpha value is -0.840. The zero-order valence-electron chi connectivity index (χ0n) is 10.8. The van der Waals surface area contributed by atoms with Crippen LogP contribution in [0.5, 0.6) is 5.75 Å². The Labute approximate surface area is 130 Å². The van der Waals surface area contributed by atoms with E-state index in [1.807, 2.05) is 31.3 Å². The van der Waals surface area contributed by atoms with E-state index in [-0.39, 0.29) is 6.04 Å². The van der Waals surface area contributed by atoms with E-state index in [0.29, 0.717) is 0 Å². The van der Waals surface area contributed by atoms with Crippen LogP contribution in [0.4, 0.5) is 0 Å². The Morgan fingerprint density at radius 2 is 1.68 bits per heavy atom. The lowest BCUT2D eigenvalue weighted by Crippen LogP contribution is -2.18. The molecule has 4 heteroatoms. The maximum absolute atomic E-state index is 5.23. The van der Waals surface area contributed by atoms with Crippen molar-refractivity contribution >= 4 is 31.9 Å². The third kappa shape index (κ3) is 3.19. The van der Waals surface area contributed by atoms with E-state index in [1.54, 1.807) is 7.11 Å². The first-order chi connectivity index (χ1) is 9.17. The zero-order valence-corrected chi connectivity index (χ0v) is 14.0. The zero-order chi connectivity index (χ0) is 13.8. The molecule has 0 aliphatic rings. The lowest BCUT2D eigenvalue weighted by molar-refractivity contribution is 0.414. The van der Waals surface area contributed by atoms with Crippen molar-refractivity contribution in [1.29, 1.82) is 0 Å². The van der Waals surface area contributed by atoms with Gasteiger partial charge >= 0.3 is 0 Å². The fourth-order valence-electron chi connectivity index (χ4n) is 2.06. The van der Waals surface area contributed by atoms with Crippen LogP contribution < -0.4 is 10.1 Å². The number of hydrogen-bond acceptors (Lipinski definition) is 2. The van der Waals surface area contributed by atoms with E-state index in [1.165, 1.54) is 11.1 Å². The van der Waals surface area contributed by atoms with Crippen molar-refractivity contribution in [3.05, 3.63) is 62.5 Å². The van der Waals surface area contributed by atoms with Crippen LogP contribution in [0.1, 0.15) is 17.2 Å². The Morgan fingerprint density at radius 3 is 2.26 bits per heavy atom. The van der Waals surface area contributed by atoms with Gasteiger partial charge in [0, 0.05) is 8.95 Å². The molecule has 2 rings (SSSR count). The van der Waals surface area contributed by atoms with Gasteiger partial charge in [0.2, 0.25) is 0 Å². The molecule has 0 aliphatic carbocycles. The number of halogens is 2. The average Bonchev–Trinajstić information content (AvgIpc) is 2.43. The average molecular weight is 385 g/mol. The topological polar surface area (TPSA) is 21.3 Å². The highest BCUT2D eigenvalue weighted by Crippen LogP contribution is 2.34. The molecule has 0 saturated carbocycles. The van der Waals surface area contributed by atoms with Crippen LogP contribution in [-0.4, -0.2) is 14.2 Å². The summed E-state index contributed by atoms with van der Waals surface area (Å²) in [5, 5.41) is 3.35. The molecular formula is C15H15Br2NO. The molecule has 0 aromatic heterocycles. The van der Waals surface area contributed by atoms with Gasteiger partial charge in [-0.25, -0.2) is 0 Å². The molecule has 19 heavy (non-hydrogen) atoms. The predicted octanol–water partition coefficient (Wildman–Crippen LogP) is 4.53. The van der Waals surface area contributed by atoms with Crippen molar-refractivity contribution in [3.8, 4) is 5.75 Å². The van der Waals surface area contributed by atoms with Crippen molar-refractivity contribution in [2.75, 3.05) is 14.2 Å². The molecule has 0 saturated heterocycles. The monoisotopic (exact) mass is 383 g/mol. The number of rotatable bonds is 4. The van der Waals surface area contributed by atoms with Crippen LogP contribution in [0.3, 0.4) is 0 Å². The number of nitrogens with one attached hydrogen (secondary N) is 1. The smallest absolute Gasteiger partial charge is 0.120 e. The first-order valence-electron chi connectivity index (χ1n) is 5.92. The summed E-state index contributed by atoms with van der Waals surface area (Å²) in [5.74, 6) is 0.845. The van der Waals surface area contributed by atoms with E-state index in [4.69, 9.17) is 4.74 Å². The fourth-order valence-corrected chi connectivity index (χ4v) is 3.16. The molecule has 1 N–H and O–H groups in total. The Morgan fingerprint density at radius 1 is 1.00 bits per heavy atom. The van der Waals surface area contributed by atoms with Crippen molar-refractivity contribution in [2.45, 2.75) is 6.04 Å². The van der Waals surface area contributed by atoms with Crippen molar-refractivity contribution in [3.63, 3.8) is 0 Å². The normalized spacial score (nSPS) is 12.2. The molecule has 0 aliphatic heterocycles. The van der Waals surface area contributed by atoms with Crippen LogP contribution in [0.25, 0.3) is 0 Å². The lowest BCUT2D eigenvalue weighted by atomic mass is 9.99. The third-order valence-electron chi connectivity index (χ3n) is 3.02. The van der Waals surface area contributed by atoms with Gasteiger partial charge < -0.3 is 10.1 Å². The van der Waals surface area contributed by atoms with E-state index in [0.717, 1.165) is 14.7 Å². The van der Waals surface area contributed by atoms with E-state index < -0.39 is 0 Å². The van der Waals surface area contributed by atoms with Gasteiger partial charge in [0.15, 0.2) is 0 Å². The highest BCUT2D eigenvalue weighted by atomic mass is 79.9. The largest absolute Gasteiger partial charge is 0.497 e. The van der Waals surface area contributed by atoms with Crippen LogP contribution in [0, 0.1) is 0 Å². The summed E-state index contributed by atoms with van der Waals surface area (Å²) >= 11 is 7.22. The molecule has 0 bridgehead atoms. The van der Waals surface area contributed by atoms with Crippen molar-refractivity contribution in [2.24, 2.45) is 0 Å². The van der Waals surface area contributed by atoms with E-state index in [2.05, 4.69) is 55.4 Å². The van der Waals surface area contributed by atoms with E-state index in [9.17, 15) is 0 Å². The molecule has 2 aromatic rings. The summed E-state index contributed by atoms with van der Waals surface area (Å²) in [6.45, 7) is 0. The van der Waals surface area contributed by atoms with Gasteiger partial charge in [0.1, 0.15) is 5.75 Å². The third-order valence-corrected chi connectivity index (χ3v) is 4.43. The summed E-state index contributed by atoms with van der Waals surface area (Å²) in [6, 6.07) is 14.4. The van der Waals surface area contributed by atoms with Gasteiger partial charge in [-0.15, -0.1) is 0 Å². The molecular weight excluding hydrogens is 370 g/mol. The predicted molar refractivity (Wildman–Crippen MR) is 85.7 cm³/mol. The minimum Gasteiger partial charge on any atom is -0.497 e. The minimum absolute atomic E-state index is 0.121. The molecule has 2 nitrogen and oxygen atoms in total. The van der Waals surface area contributed by atoms with Crippen LogP contribution in [0.2, 0.25) is 0 Å². The second kappa shape index (κ2) is 6.55. The van der Waals surface area contributed by atoms with Gasteiger partial charge in [-0.3, -0.25) is 0 Å². The summed E-state index contributed by atoms with van der Waals surface area (Å²) in [6.07, 6.45) is 0. The molecule has 100 valence electrons. The van der Waals surface area contributed by atoms with Gasteiger partial charge in [-0.1, -0.05) is 56.1 Å². The fraction of sp³-hybridized carbons (Fsp3) is 0.200. The molecule has 0 spiro atoms. The van der Waals surface area contributed by atoms with Gasteiger partial charge in [0.25, 0.3) is 0 Å². The molecule has 2 aromatic carbocycles. The summed E-state index contributed by atoms with van der Waals surface area (Å²) in [5.41, 5.74) is 2.38. The van der Waals surface area contributed by atoms with Gasteiger partial charge in [-0.2, -0.15) is 0 Å². The Kier molecular flexibility index (Phi) is 5.02. The standard InChI is InChI=1S/C15H15Br2NO/c1-18-15(11-5-3-4-6-13(11)16)12-8-7-10(19-2)9-14(12)17/h3-9,15,18H,1-2H3. The van der Waals surface area contributed by atoms with Gasteiger partial charge in [0.05, 0.1) is 13.2 Å². The molecule has 1 unspecified atom stereocenters. The summed E-state index contributed by atoms with van der Waals surface area (Å²) < 4.78 is 7.36. The lowest BCUT2D eigenvalue weighted by Gasteiger charge is -2.20. The minimum atomic E-state index is 0.121. The van der Waals surface area contributed by atoms with Crippen molar-refractivity contribution in [1.82, 2.24) is 5.32 Å². The SMILES string of the molecule is CNC(c1ccccc1Br)c1ccc(OC)cc1Br. The molecule has 0 fully saturated rings. The Balaban J connectivity index is 2.46. The Bertz CT molecular complexity index is 572. The van der Waals surface area contributed by atoms with Crippen LogP contribution >= 0.6 is 31.9 Å². The molecule has 0 amide bonds. The highest BCUT2D eigenvalue weighted by molar-refractivity contribution is 9.10. The quantitative estimate of drug-likeness (QED) is 0.836. The van der Waals surface area contributed by atoms with E-state index >= 15 is 0 Å². The number of methoxy groups -OCH3 is 1. The first kappa shape index (κ1) is 14.6. The highest BCUT2D eigenvalue weighted by Gasteiger charge is 2.17. The van der Waals surface area contributed by atoms with Crippen LogP contribution in [0.15, 0.2) is 51.4 Å². The molecule has 0 heterocycles. The summed E-state index contributed by atoms with van der Waals surface area (Å²) in [7, 11) is 3.63. The second-order valence-corrected chi connectivity index (χ2v) is 5.84. The van der Waals surface area contributed by atoms with Crippen LogP contribution in [-0.2, 0) is 0 Å². The second-order valence-electron chi connectivity index (χ2n) is 4.13. The number of hydrogen-bond donors (Lipinski definition) is 1. The number of ether oxygens (including phenoxy) is 1. The maximum Gasteiger partial charge on any atom is 0.120 e. The molecule has 1 atom stereocenters. The molecule has 0 radical (unpaired) electrons. The van der Waals surface area contributed by atoms with Gasteiger partial charge in [-0.05, 0) is 36.4 Å².